The molecule has 7 bridgehead atoms. The van der Waals surface area contributed by atoms with Crippen LogP contribution in [-0.4, -0.2) is 75.8 Å². The number of carbonyl (C=O) groups excluding carboxylic acids is 3. The van der Waals surface area contributed by atoms with Gasteiger partial charge in [-0.1, -0.05) is 16.9 Å². The van der Waals surface area contributed by atoms with Gasteiger partial charge >= 0.3 is 5.97 Å². The Morgan fingerprint density at radius 2 is 1.73 bits per heavy atom. The van der Waals surface area contributed by atoms with Crippen molar-refractivity contribution in [2.45, 2.75) is 34.4 Å². The second-order valence-electron chi connectivity index (χ2n) is 10.1. The molecule has 2 amide bonds. The highest BCUT2D eigenvalue weighted by molar-refractivity contribution is 8.78. The predicted octanol–water partition coefficient (Wildman–Crippen LogP) is 3.36. The third kappa shape index (κ3) is 3.42. The number of amides is 2. The van der Waals surface area contributed by atoms with Crippen molar-refractivity contribution < 1.29 is 43.2 Å². The van der Waals surface area contributed by atoms with Crippen molar-refractivity contribution in [1.82, 2.24) is 9.80 Å². The Morgan fingerprint density at radius 3 is 2.49 bits per heavy atom. The van der Waals surface area contributed by atoms with E-state index >= 15 is 0 Å². The lowest BCUT2D eigenvalue weighted by Gasteiger charge is -2.59. The number of fused-ring (bicyclic) bond motifs is 6. The quantitative estimate of drug-likeness (QED) is 0.405. The number of ether oxygens (including phenoxy) is 5. The molecule has 2 aromatic rings. The number of methoxy groups -OCH3 is 2. The zero-order valence-corrected chi connectivity index (χ0v) is 23.7. The van der Waals surface area contributed by atoms with Crippen LogP contribution in [0.3, 0.4) is 0 Å². The van der Waals surface area contributed by atoms with Crippen LogP contribution in [0.4, 0.5) is 0 Å². The summed E-state index contributed by atoms with van der Waals surface area (Å²) in [7, 11) is 6.83. The topological polar surface area (TPSA) is 124 Å². The molecule has 6 heterocycles. The Balaban J connectivity index is 1.47. The molecule has 6 aliphatic rings. The van der Waals surface area contributed by atoms with E-state index in [1.807, 2.05) is 0 Å². The maximum absolute atomic E-state index is 14.6. The van der Waals surface area contributed by atoms with E-state index in [1.165, 1.54) is 60.5 Å². The van der Waals surface area contributed by atoms with Crippen molar-refractivity contribution in [3.8, 4) is 23.0 Å². The predicted molar refractivity (Wildman–Crippen MR) is 147 cm³/mol. The lowest BCUT2D eigenvalue weighted by molar-refractivity contribution is -0.172. The Hall–Kier alpha value is -3.81. The fraction of sp³-hybridized carbons (Fsp3) is 0.321. The molecule has 212 valence electrons. The van der Waals surface area contributed by atoms with E-state index in [4.69, 9.17) is 23.7 Å². The third-order valence-corrected chi connectivity index (χ3v) is 11.7. The summed E-state index contributed by atoms with van der Waals surface area (Å²) >= 11 is 0. The molecule has 6 aliphatic heterocycles. The first-order valence-electron chi connectivity index (χ1n) is 12.7. The van der Waals surface area contributed by atoms with Gasteiger partial charge in [0.15, 0.2) is 27.9 Å². The van der Waals surface area contributed by atoms with E-state index in [-0.39, 0.29) is 29.4 Å². The molecule has 8 rings (SSSR count). The summed E-state index contributed by atoms with van der Waals surface area (Å²) in [5.74, 6) is -0.406. The van der Waals surface area contributed by atoms with E-state index in [1.54, 1.807) is 36.4 Å². The smallest absolute Gasteiger partial charge is 0.338 e. The normalized spacial score (nSPS) is 31.3. The Labute approximate surface area is 242 Å². The molecule has 4 saturated heterocycles. The molecule has 0 radical (unpaired) electrons. The van der Waals surface area contributed by atoms with Crippen molar-refractivity contribution in [3.63, 3.8) is 0 Å². The SMILES string of the molecule is COc1ccc2cc1Oc1cc(ccc1OC)C(O)C13SSC4(CC5=COC=CC(OC2=O)C5N4C1=O)C(=O)N3C. The number of likely N-dealkylation sites (N-methyl/N-ethyl adjacent to an activating group) is 1. The van der Waals surface area contributed by atoms with Crippen molar-refractivity contribution in [2.75, 3.05) is 21.3 Å². The summed E-state index contributed by atoms with van der Waals surface area (Å²) in [5.41, 5.74) is 1.12. The first-order chi connectivity index (χ1) is 19.7. The van der Waals surface area contributed by atoms with Crippen molar-refractivity contribution in [3.05, 3.63) is 71.7 Å². The van der Waals surface area contributed by atoms with Gasteiger partial charge in [-0.15, -0.1) is 0 Å². The lowest BCUT2D eigenvalue weighted by Crippen LogP contribution is -2.77. The van der Waals surface area contributed by atoms with E-state index < -0.39 is 39.9 Å². The van der Waals surface area contributed by atoms with Crippen molar-refractivity contribution in [1.29, 1.82) is 0 Å². The standard InChI is InChI=1S/C28H24N2O9S2/c1-29-25(33)27-12-16-13-37-9-8-19-22(16)30(27)26(34)28(29,41-40-27)23(31)14-4-6-17(35-2)20(10-14)38-21-11-15(24(32)39-19)5-7-18(21)36-3/h4-11,13,19,22-23,31H,12H2,1-3H3. The van der Waals surface area contributed by atoms with Crippen LogP contribution in [0.25, 0.3) is 0 Å². The highest BCUT2D eigenvalue weighted by Crippen LogP contribution is 2.67. The van der Waals surface area contributed by atoms with Crippen LogP contribution in [0.1, 0.15) is 28.4 Å². The number of carbonyl (C=O) groups is 3. The van der Waals surface area contributed by atoms with Gasteiger partial charge < -0.3 is 38.6 Å². The van der Waals surface area contributed by atoms with E-state index in [2.05, 4.69) is 0 Å². The summed E-state index contributed by atoms with van der Waals surface area (Å²) in [6, 6.07) is 8.56. The summed E-state index contributed by atoms with van der Waals surface area (Å²) in [6.45, 7) is 0. The monoisotopic (exact) mass is 596 g/mol. The number of aliphatic hydroxyl groups excluding tert-OH is 1. The van der Waals surface area contributed by atoms with Gasteiger partial charge in [-0.25, -0.2) is 4.79 Å². The third-order valence-electron chi connectivity index (χ3n) is 8.07. The maximum atomic E-state index is 14.6. The fourth-order valence-electron chi connectivity index (χ4n) is 6.02. The largest absolute Gasteiger partial charge is 0.493 e. The molecule has 5 unspecified atom stereocenters. The number of benzene rings is 2. The second-order valence-corrected chi connectivity index (χ2v) is 12.7. The molecule has 4 fully saturated rings. The molecule has 0 saturated carbocycles. The molecular formula is C28H24N2O9S2. The minimum Gasteiger partial charge on any atom is -0.493 e. The summed E-state index contributed by atoms with van der Waals surface area (Å²) in [5, 5.41) is 11.9. The number of piperazine rings is 1. The zero-order valence-electron chi connectivity index (χ0n) is 22.1. The molecule has 41 heavy (non-hydrogen) atoms. The van der Waals surface area contributed by atoms with Crippen LogP contribution in [0.5, 0.6) is 23.0 Å². The van der Waals surface area contributed by atoms with Gasteiger partial charge in [-0.3, -0.25) is 9.59 Å². The van der Waals surface area contributed by atoms with Crippen LogP contribution in [-0.2, 0) is 19.1 Å². The molecule has 13 heteroatoms. The molecular weight excluding hydrogens is 572 g/mol. The number of rotatable bonds is 2. The van der Waals surface area contributed by atoms with Gasteiger partial charge in [0.25, 0.3) is 11.8 Å². The van der Waals surface area contributed by atoms with Crippen LogP contribution in [0.15, 0.2) is 60.6 Å². The lowest BCUT2D eigenvalue weighted by atomic mass is 9.94. The maximum Gasteiger partial charge on any atom is 0.338 e. The van der Waals surface area contributed by atoms with Crippen molar-refractivity contribution >= 4 is 39.4 Å². The molecule has 11 nitrogen and oxygen atoms in total. The van der Waals surface area contributed by atoms with Crippen molar-refractivity contribution in [2.24, 2.45) is 0 Å². The minimum atomic E-state index is -1.72. The second kappa shape index (κ2) is 9.10. The summed E-state index contributed by atoms with van der Waals surface area (Å²) in [4.78, 5) is 42.0. The number of aliphatic hydroxyl groups is 1. The highest BCUT2D eigenvalue weighted by Gasteiger charge is 2.75. The Morgan fingerprint density at radius 1 is 1.00 bits per heavy atom. The average molecular weight is 597 g/mol. The molecule has 2 aromatic carbocycles. The Kier molecular flexibility index (Phi) is 5.79. The first-order valence-corrected chi connectivity index (χ1v) is 14.8. The van der Waals surface area contributed by atoms with Crippen LogP contribution >= 0.6 is 21.6 Å². The van der Waals surface area contributed by atoms with Gasteiger partial charge in [0.1, 0.15) is 12.2 Å². The number of nitrogens with zero attached hydrogens (tertiary/aromatic N) is 2. The van der Waals surface area contributed by atoms with Crippen LogP contribution in [0.2, 0.25) is 0 Å². The van der Waals surface area contributed by atoms with Crippen LogP contribution < -0.4 is 14.2 Å². The van der Waals surface area contributed by atoms with E-state index in [9.17, 15) is 19.5 Å². The average Bonchev–Trinajstić information content (AvgIpc) is 3.21. The van der Waals surface area contributed by atoms with Gasteiger partial charge in [0.05, 0.1) is 38.3 Å². The molecule has 5 atom stereocenters. The Bertz CT molecular complexity index is 1580. The molecule has 1 N–H and O–H groups in total. The van der Waals surface area contributed by atoms with E-state index in [0.29, 0.717) is 22.6 Å². The van der Waals surface area contributed by atoms with Crippen LogP contribution in [0, 0.1) is 0 Å². The minimum absolute atomic E-state index is 0.173. The van der Waals surface area contributed by atoms with E-state index in [0.717, 1.165) is 10.8 Å². The molecule has 2 spiro atoms. The summed E-state index contributed by atoms with van der Waals surface area (Å²) < 4.78 is 28.7. The molecule has 0 aromatic heterocycles. The van der Waals surface area contributed by atoms with Gasteiger partial charge in [-0.2, -0.15) is 0 Å². The number of hydrogen-bond acceptors (Lipinski definition) is 11. The number of esters is 1. The first kappa shape index (κ1) is 26.1. The molecule has 0 aliphatic carbocycles. The number of hydrogen-bond donors (Lipinski definition) is 1. The van der Waals surface area contributed by atoms with Gasteiger partial charge in [-0.05, 0) is 58.3 Å². The summed E-state index contributed by atoms with van der Waals surface area (Å²) in [6.07, 6.45) is 2.17. The fourth-order valence-corrected chi connectivity index (χ4v) is 9.84. The zero-order chi connectivity index (χ0) is 28.7. The van der Waals surface area contributed by atoms with Gasteiger partial charge in [0.2, 0.25) is 4.87 Å². The highest BCUT2D eigenvalue weighted by atomic mass is 33.1. The van der Waals surface area contributed by atoms with Gasteiger partial charge in [0, 0.05) is 13.5 Å².